The maximum atomic E-state index is 11.3. The molecule has 1 aromatic carbocycles. The predicted octanol–water partition coefficient (Wildman–Crippen LogP) is 1.81. The number of hydrogen-bond donors (Lipinski definition) is 2. The van der Waals surface area contributed by atoms with E-state index in [2.05, 4.69) is 5.32 Å². The van der Waals surface area contributed by atoms with E-state index in [1.54, 1.807) is 6.92 Å². The maximum Gasteiger partial charge on any atom is 0.332 e. The summed E-state index contributed by atoms with van der Waals surface area (Å²) in [5.41, 5.74) is 7.08. The molecule has 0 spiro atoms. The van der Waals surface area contributed by atoms with Crippen molar-refractivity contribution in [2.75, 3.05) is 11.1 Å². The first-order chi connectivity index (χ1) is 8.95. The SMILES string of the molecule is CC1CC(Nc2cc([N+](=O)[O-])ccc2N)=CC(=O)O1. The van der Waals surface area contributed by atoms with Crippen molar-refractivity contribution in [1.29, 1.82) is 0 Å². The number of nitrogen functional groups attached to an aromatic ring is 1. The third-order valence-corrected chi connectivity index (χ3v) is 2.66. The molecule has 1 aliphatic rings. The Balaban J connectivity index is 2.25. The lowest BCUT2D eigenvalue weighted by atomic mass is 10.1. The highest BCUT2D eigenvalue weighted by Gasteiger charge is 2.19. The Bertz CT molecular complexity index is 568. The Hall–Kier alpha value is -2.57. The zero-order valence-corrected chi connectivity index (χ0v) is 10.3. The van der Waals surface area contributed by atoms with Crippen molar-refractivity contribution >= 4 is 23.0 Å². The molecule has 7 nitrogen and oxygen atoms in total. The van der Waals surface area contributed by atoms with Crippen LogP contribution >= 0.6 is 0 Å². The largest absolute Gasteiger partial charge is 0.459 e. The first-order valence-electron chi connectivity index (χ1n) is 5.68. The minimum Gasteiger partial charge on any atom is -0.459 e. The summed E-state index contributed by atoms with van der Waals surface area (Å²) in [6, 6.07) is 4.11. The van der Waals surface area contributed by atoms with E-state index in [1.807, 2.05) is 0 Å². The number of nitro benzene ring substituents is 1. The quantitative estimate of drug-likeness (QED) is 0.372. The molecule has 0 aromatic heterocycles. The van der Waals surface area contributed by atoms with E-state index >= 15 is 0 Å². The minimum atomic E-state index is -0.503. The molecule has 2 rings (SSSR count). The van der Waals surface area contributed by atoms with E-state index in [9.17, 15) is 14.9 Å². The van der Waals surface area contributed by atoms with E-state index in [0.29, 0.717) is 23.5 Å². The van der Waals surface area contributed by atoms with Crippen LogP contribution in [-0.4, -0.2) is 17.0 Å². The monoisotopic (exact) mass is 263 g/mol. The number of cyclic esters (lactones) is 1. The zero-order chi connectivity index (χ0) is 14.0. The lowest BCUT2D eigenvalue weighted by molar-refractivity contribution is -0.384. The van der Waals surface area contributed by atoms with Crippen LogP contribution in [0.4, 0.5) is 17.1 Å². The van der Waals surface area contributed by atoms with Crippen LogP contribution in [0.5, 0.6) is 0 Å². The molecule has 0 radical (unpaired) electrons. The smallest absolute Gasteiger partial charge is 0.332 e. The molecule has 0 saturated carbocycles. The first-order valence-corrected chi connectivity index (χ1v) is 5.68. The van der Waals surface area contributed by atoms with Gasteiger partial charge in [0.25, 0.3) is 5.69 Å². The van der Waals surface area contributed by atoms with Crippen LogP contribution in [0, 0.1) is 10.1 Å². The summed E-state index contributed by atoms with van der Waals surface area (Å²) in [5, 5.41) is 13.6. The second-order valence-corrected chi connectivity index (χ2v) is 4.27. The van der Waals surface area contributed by atoms with Crippen LogP contribution in [0.3, 0.4) is 0 Å². The molecule has 3 N–H and O–H groups in total. The third kappa shape index (κ3) is 3.01. The van der Waals surface area contributed by atoms with E-state index in [0.717, 1.165) is 0 Å². The van der Waals surface area contributed by atoms with Gasteiger partial charge in [-0.15, -0.1) is 0 Å². The Morgan fingerprint density at radius 1 is 1.53 bits per heavy atom. The zero-order valence-electron chi connectivity index (χ0n) is 10.3. The lowest BCUT2D eigenvalue weighted by Gasteiger charge is -2.21. The minimum absolute atomic E-state index is 0.0660. The van der Waals surface area contributed by atoms with Gasteiger partial charge < -0.3 is 15.8 Å². The summed E-state index contributed by atoms with van der Waals surface area (Å²) in [6.45, 7) is 1.77. The number of hydrogen-bond acceptors (Lipinski definition) is 6. The van der Waals surface area contributed by atoms with Crippen molar-refractivity contribution < 1.29 is 14.5 Å². The lowest BCUT2D eigenvalue weighted by Crippen LogP contribution is -2.22. The number of nitrogens with two attached hydrogens (primary N) is 1. The van der Waals surface area contributed by atoms with Gasteiger partial charge in [-0.2, -0.15) is 0 Å². The fraction of sp³-hybridized carbons (Fsp3) is 0.250. The summed E-state index contributed by atoms with van der Waals surface area (Å²) in [5.74, 6) is -0.440. The van der Waals surface area contributed by atoms with Gasteiger partial charge in [0.2, 0.25) is 0 Å². The summed E-state index contributed by atoms with van der Waals surface area (Å²) in [6.07, 6.45) is 1.59. The van der Waals surface area contributed by atoms with Crippen LogP contribution in [0.1, 0.15) is 13.3 Å². The Labute approximate surface area is 109 Å². The molecule has 19 heavy (non-hydrogen) atoms. The number of esters is 1. The summed E-state index contributed by atoms with van der Waals surface area (Å²) >= 11 is 0. The number of nitrogens with zero attached hydrogens (tertiary/aromatic N) is 1. The fourth-order valence-corrected chi connectivity index (χ4v) is 1.81. The van der Waals surface area contributed by atoms with Gasteiger partial charge >= 0.3 is 5.97 Å². The van der Waals surface area contributed by atoms with Gasteiger partial charge in [-0.3, -0.25) is 10.1 Å². The number of carbonyl (C=O) groups is 1. The average molecular weight is 263 g/mol. The highest BCUT2D eigenvalue weighted by atomic mass is 16.6. The van der Waals surface area contributed by atoms with Gasteiger partial charge in [0.05, 0.1) is 16.3 Å². The third-order valence-electron chi connectivity index (χ3n) is 2.66. The normalized spacial score (nSPS) is 18.5. The molecule has 1 atom stereocenters. The van der Waals surface area contributed by atoms with E-state index in [1.165, 1.54) is 24.3 Å². The highest BCUT2D eigenvalue weighted by molar-refractivity contribution is 5.85. The van der Waals surface area contributed by atoms with Gasteiger partial charge in [0.1, 0.15) is 6.10 Å². The number of rotatable bonds is 3. The number of nitro groups is 1. The molecule has 0 fully saturated rings. The summed E-state index contributed by atoms with van der Waals surface area (Å²) in [7, 11) is 0. The average Bonchev–Trinajstić information content (AvgIpc) is 2.30. The van der Waals surface area contributed by atoms with Crippen molar-refractivity contribution in [3.63, 3.8) is 0 Å². The number of non-ortho nitro benzene ring substituents is 1. The van der Waals surface area contributed by atoms with Crippen LogP contribution in [0.2, 0.25) is 0 Å². The summed E-state index contributed by atoms with van der Waals surface area (Å²) < 4.78 is 4.95. The van der Waals surface area contributed by atoms with E-state index in [-0.39, 0.29) is 11.8 Å². The molecule has 0 saturated heterocycles. The molecule has 1 aliphatic heterocycles. The number of ether oxygens (including phenoxy) is 1. The van der Waals surface area contributed by atoms with Gasteiger partial charge in [0, 0.05) is 30.3 Å². The molecule has 0 bridgehead atoms. The molecule has 0 aliphatic carbocycles. The number of carbonyl (C=O) groups excluding carboxylic acids is 1. The van der Waals surface area contributed by atoms with Gasteiger partial charge in [-0.1, -0.05) is 0 Å². The maximum absolute atomic E-state index is 11.3. The number of benzene rings is 1. The topological polar surface area (TPSA) is 107 Å². The van der Waals surface area contributed by atoms with Crippen molar-refractivity contribution in [2.24, 2.45) is 0 Å². The molecular weight excluding hydrogens is 250 g/mol. The predicted molar refractivity (Wildman–Crippen MR) is 69.4 cm³/mol. The molecule has 100 valence electrons. The second kappa shape index (κ2) is 4.97. The highest BCUT2D eigenvalue weighted by Crippen LogP contribution is 2.27. The molecule has 1 heterocycles. The Morgan fingerprint density at radius 3 is 2.89 bits per heavy atom. The van der Waals surface area contributed by atoms with Gasteiger partial charge in [-0.05, 0) is 13.0 Å². The Kier molecular flexibility index (Phi) is 3.37. The van der Waals surface area contributed by atoms with Crippen LogP contribution in [0.25, 0.3) is 0 Å². The summed E-state index contributed by atoms with van der Waals surface area (Å²) in [4.78, 5) is 21.5. The van der Waals surface area contributed by atoms with Gasteiger partial charge in [0.15, 0.2) is 0 Å². The second-order valence-electron chi connectivity index (χ2n) is 4.27. The Morgan fingerprint density at radius 2 is 2.26 bits per heavy atom. The molecular formula is C12H13N3O4. The first kappa shape index (κ1) is 12.9. The number of nitrogens with one attached hydrogen (secondary N) is 1. The van der Waals surface area contributed by atoms with Crippen LogP contribution in [0.15, 0.2) is 30.0 Å². The van der Waals surface area contributed by atoms with E-state index in [4.69, 9.17) is 10.5 Å². The van der Waals surface area contributed by atoms with Gasteiger partial charge in [-0.25, -0.2) is 4.79 Å². The van der Waals surface area contributed by atoms with Crippen LogP contribution < -0.4 is 11.1 Å². The van der Waals surface area contributed by atoms with Crippen molar-refractivity contribution in [1.82, 2.24) is 0 Å². The fourth-order valence-electron chi connectivity index (χ4n) is 1.81. The molecule has 0 amide bonds. The van der Waals surface area contributed by atoms with Crippen molar-refractivity contribution in [2.45, 2.75) is 19.4 Å². The van der Waals surface area contributed by atoms with Crippen molar-refractivity contribution in [3.05, 3.63) is 40.1 Å². The number of anilines is 2. The van der Waals surface area contributed by atoms with E-state index < -0.39 is 10.9 Å². The van der Waals surface area contributed by atoms with Crippen molar-refractivity contribution in [3.8, 4) is 0 Å². The standard InChI is InChI=1S/C12H13N3O4/c1-7-4-8(5-12(16)19-7)14-11-6-9(15(17)18)2-3-10(11)13/h2-3,5-7,14H,4,13H2,1H3. The molecule has 7 heteroatoms. The molecule has 1 aromatic rings. The van der Waals surface area contributed by atoms with Crippen LogP contribution in [-0.2, 0) is 9.53 Å². The molecule has 1 unspecified atom stereocenters.